The zero-order valence-electron chi connectivity index (χ0n) is 11.5. The molecule has 0 heterocycles. The summed E-state index contributed by atoms with van der Waals surface area (Å²) in [4.78, 5) is 22.8. The molecule has 2 rings (SSSR count). The first-order chi connectivity index (χ1) is 9.66. The summed E-state index contributed by atoms with van der Waals surface area (Å²) in [5.74, 6) is -1.21. The van der Waals surface area contributed by atoms with Crippen LogP contribution in [0.2, 0.25) is 0 Å². The molecule has 2 atom stereocenters. The lowest BCUT2D eigenvalue weighted by Gasteiger charge is -2.10. The fourth-order valence-corrected chi connectivity index (χ4v) is 2.74. The maximum atomic E-state index is 11.9. The number of amides is 1. The molecule has 0 bridgehead atoms. The van der Waals surface area contributed by atoms with E-state index in [1.54, 1.807) is 0 Å². The average molecular weight is 275 g/mol. The van der Waals surface area contributed by atoms with Gasteiger partial charge in [-0.05, 0) is 37.7 Å². The molecule has 0 aliphatic heterocycles. The quantitative estimate of drug-likeness (QED) is 0.782. The van der Waals surface area contributed by atoms with E-state index in [-0.39, 0.29) is 17.7 Å². The molecule has 4 nitrogen and oxygen atoms in total. The van der Waals surface area contributed by atoms with E-state index in [0.717, 1.165) is 12.8 Å². The molecule has 1 fully saturated rings. The highest BCUT2D eigenvalue weighted by Gasteiger charge is 2.33. The third kappa shape index (κ3) is 4.08. The van der Waals surface area contributed by atoms with Gasteiger partial charge >= 0.3 is 5.97 Å². The Kier molecular flexibility index (Phi) is 5.16. The molecule has 0 aromatic heterocycles. The molecule has 2 N–H and O–H groups in total. The number of rotatable bonds is 6. The van der Waals surface area contributed by atoms with Crippen LogP contribution in [0.1, 0.15) is 31.2 Å². The second-order valence-corrected chi connectivity index (χ2v) is 5.43. The maximum Gasteiger partial charge on any atom is 0.306 e. The van der Waals surface area contributed by atoms with Crippen molar-refractivity contribution in [2.24, 2.45) is 11.8 Å². The largest absolute Gasteiger partial charge is 0.481 e. The summed E-state index contributed by atoms with van der Waals surface area (Å²) in [6.07, 6.45) is 3.66. The third-order valence-corrected chi connectivity index (χ3v) is 3.94. The van der Waals surface area contributed by atoms with Gasteiger partial charge in [0.15, 0.2) is 0 Å². The highest BCUT2D eigenvalue weighted by Crippen LogP contribution is 2.31. The molecule has 1 aliphatic rings. The SMILES string of the molecule is O=C(O)[C@H]1CC[C@@H](C(=O)NCCCc2ccccc2)C1. The monoisotopic (exact) mass is 275 g/mol. The fourth-order valence-electron chi connectivity index (χ4n) is 2.74. The van der Waals surface area contributed by atoms with Crippen molar-refractivity contribution >= 4 is 11.9 Å². The van der Waals surface area contributed by atoms with Crippen LogP contribution >= 0.6 is 0 Å². The summed E-state index contributed by atoms with van der Waals surface area (Å²) in [5.41, 5.74) is 1.27. The van der Waals surface area contributed by atoms with E-state index >= 15 is 0 Å². The Morgan fingerprint density at radius 1 is 1.15 bits per heavy atom. The molecular formula is C16H21NO3. The Morgan fingerprint density at radius 3 is 2.50 bits per heavy atom. The molecule has 1 amide bonds. The molecule has 4 heteroatoms. The number of aryl methyl sites for hydroxylation is 1. The van der Waals surface area contributed by atoms with Crippen molar-refractivity contribution in [3.8, 4) is 0 Å². The minimum Gasteiger partial charge on any atom is -0.481 e. The van der Waals surface area contributed by atoms with Crippen LogP contribution in [-0.4, -0.2) is 23.5 Å². The Bertz CT molecular complexity index is 458. The van der Waals surface area contributed by atoms with Gasteiger partial charge in [0.25, 0.3) is 0 Å². The van der Waals surface area contributed by atoms with Crippen LogP contribution < -0.4 is 5.32 Å². The van der Waals surface area contributed by atoms with Gasteiger partial charge in [-0.3, -0.25) is 9.59 Å². The van der Waals surface area contributed by atoms with Crippen LogP contribution in [0, 0.1) is 11.8 Å². The lowest BCUT2D eigenvalue weighted by atomic mass is 10.0. The number of carbonyl (C=O) groups excluding carboxylic acids is 1. The molecule has 0 unspecified atom stereocenters. The number of nitrogens with one attached hydrogen (secondary N) is 1. The van der Waals surface area contributed by atoms with Crippen LogP contribution in [0.4, 0.5) is 0 Å². The molecule has 1 aromatic carbocycles. The first-order valence-corrected chi connectivity index (χ1v) is 7.21. The van der Waals surface area contributed by atoms with Crippen molar-refractivity contribution in [1.29, 1.82) is 0 Å². The van der Waals surface area contributed by atoms with E-state index in [9.17, 15) is 9.59 Å². The standard InChI is InChI=1S/C16H21NO3/c18-15(13-8-9-14(11-13)16(19)20)17-10-4-7-12-5-2-1-3-6-12/h1-3,5-6,13-14H,4,7-11H2,(H,17,18)(H,19,20)/t13-,14+/m1/s1. The molecule has 0 saturated heterocycles. The molecule has 1 aliphatic carbocycles. The molecule has 20 heavy (non-hydrogen) atoms. The smallest absolute Gasteiger partial charge is 0.306 e. The van der Waals surface area contributed by atoms with E-state index in [1.807, 2.05) is 18.2 Å². The fraction of sp³-hybridized carbons (Fsp3) is 0.500. The van der Waals surface area contributed by atoms with Crippen molar-refractivity contribution in [2.75, 3.05) is 6.54 Å². The summed E-state index contributed by atoms with van der Waals surface area (Å²) in [7, 11) is 0. The molecule has 0 spiro atoms. The molecule has 0 radical (unpaired) electrons. The number of hydrogen-bond donors (Lipinski definition) is 2. The van der Waals surface area contributed by atoms with E-state index in [2.05, 4.69) is 17.4 Å². The Morgan fingerprint density at radius 2 is 1.85 bits per heavy atom. The van der Waals surface area contributed by atoms with Gasteiger partial charge in [-0.2, -0.15) is 0 Å². The third-order valence-electron chi connectivity index (χ3n) is 3.94. The molecular weight excluding hydrogens is 254 g/mol. The average Bonchev–Trinajstić information content (AvgIpc) is 2.94. The van der Waals surface area contributed by atoms with Crippen molar-refractivity contribution in [3.63, 3.8) is 0 Å². The van der Waals surface area contributed by atoms with Crippen molar-refractivity contribution in [1.82, 2.24) is 5.32 Å². The van der Waals surface area contributed by atoms with Crippen molar-refractivity contribution in [2.45, 2.75) is 32.1 Å². The number of hydrogen-bond acceptors (Lipinski definition) is 2. The van der Waals surface area contributed by atoms with Gasteiger partial charge in [0, 0.05) is 12.5 Å². The topological polar surface area (TPSA) is 66.4 Å². The Labute approximate surface area is 119 Å². The summed E-state index contributed by atoms with van der Waals surface area (Å²) in [5, 5.41) is 11.8. The normalized spacial score (nSPS) is 21.6. The lowest BCUT2D eigenvalue weighted by Crippen LogP contribution is -2.30. The van der Waals surface area contributed by atoms with Crippen LogP contribution in [0.25, 0.3) is 0 Å². The Balaban J connectivity index is 1.65. The van der Waals surface area contributed by atoms with E-state index in [1.165, 1.54) is 5.56 Å². The van der Waals surface area contributed by atoms with Gasteiger partial charge in [-0.25, -0.2) is 0 Å². The van der Waals surface area contributed by atoms with Crippen molar-refractivity contribution < 1.29 is 14.7 Å². The predicted molar refractivity (Wildman–Crippen MR) is 76.2 cm³/mol. The molecule has 1 saturated carbocycles. The highest BCUT2D eigenvalue weighted by molar-refractivity contribution is 5.80. The van der Waals surface area contributed by atoms with Crippen LogP contribution in [0.5, 0.6) is 0 Å². The van der Waals surface area contributed by atoms with Gasteiger partial charge < -0.3 is 10.4 Å². The van der Waals surface area contributed by atoms with Gasteiger partial charge in [0.2, 0.25) is 5.91 Å². The first kappa shape index (κ1) is 14.6. The lowest BCUT2D eigenvalue weighted by molar-refractivity contribution is -0.141. The summed E-state index contributed by atoms with van der Waals surface area (Å²) in [6.45, 7) is 0.655. The van der Waals surface area contributed by atoms with E-state index in [4.69, 9.17) is 5.11 Å². The second kappa shape index (κ2) is 7.08. The number of carboxylic acids is 1. The predicted octanol–water partition coefficient (Wildman–Crippen LogP) is 2.24. The van der Waals surface area contributed by atoms with E-state index in [0.29, 0.717) is 25.8 Å². The van der Waals surface area contributed by atoms with E-state index < -0.39 is 5.97 Å². The van der Waals surface area contributed by atoms with Gasteiger partial charge in [-0.15, -0.1) is 0 Å². The van der Waals surface area contributed by atoms with Crippen molar-refractivity contribution in [3.05, 3.63) is 35.9 Å². The molecule has 1 aromatic rings. The maximum absolute atomic E-state index is 11.9. The minimum atomic E-state index is -0.774. The number of aliphatic carboxylic acids is 1. The zero-order chi connectivity index (χ0) is 14.4. The van der Waals surface area contributed by atoms with Gasteiger partial charge in [0.1, 0.15) is 0 Å². The van der Waals surface area contributed by atoms with Crippen LogP contribution in [0.15, 0.2) is 30.3 Å². The zero-order valence-corrected chi connectivity index (χ0v) is 11.5. The number of carboxylic acid groups (broad SMARTS) is 1. The molecule has 108 valence electrons. The number of carbonyl (C=O) groups is 2. The number of benzene rings is 1. The summed E-state index contributed by atoms with van der Waals surface area (Å²) < 4.78 is 0. The first-order valence-electron chi connectivity index (χ1n) is 7.21. The van der Waals surface area contributed by atoms with Gasteiger partial charge in [-0.1, -0.05) is 30.3 Å². The van der Waals surface area contributed by atoms with Crippen LogP contribution in [0.3, 0.4) is 0 Å². The summed E-state index contributed by atoms with van der Waals surface area (Å²) >= 11 is 0. The Hall–Kier alpha value is -1.84. The highest BCUT2D eigenvalue weighted by atomic mass is 16.4. The minimum absolute atomic E-state index is 0.0156. The summed E-state index contributed by atoms with van der Waals surface area (Å²) in [6, 6.07) is 10.2. The second-order valence-electron chi connectivity index (χ2n) is 5.43. The van der Waals surface area contributed by atoms with Crippen LogP contribution in [-0.2, 0) is 16.0 Å². The van der Waals surface area contributed by atoms with Gasteiger partial charge in [0.05, 0.1) is 5.92 Å².